The molecule has 0 saturated carbocycles. The summed E-state index contributed by atoms with van der Waals surface area (Å²) in [5, 5.41) is 6.04. The molecule has 0 bridgehead atoms. The Morgan fingerprint density at radius 3 is 2.45 bits per heavy atom. The van der Waals surface area contributed by atoms with Crippen molar-refractivity contribution in [2.75, 3.05) is 17.7 Å². The van der Waals surface area contributed by atoms with Crippen LogP contribution in [0.2, 0.25) is 0 Å². The normalized spacial score (nSPS) is 11.5. The molecule has 20 heavy (non-hydrogen) atoms. The molecule has 0 aliphatic carbocycles. The van der Waals surface area contributed by atoms with Crippen molar-refractivity contribution in [1.82, 2.24) is 0 Å². The molecule has 2 N–H and O–H groups in total. The van der Waals surface area contributed by atoms with E-state index in [9.17, 15) is 4.79 Å². The van der Waals surface area contributed by atoms with Crippen LogP contribution in [-0.4, -0.2) is 13.2 Å². The van der Waals surface area contributed by atoms with E-state index in [-0.39, 0.29) is 6.04 Å². The molecule has 104 valence electrons. The van der Waals surface area contributed by atoms with Crippen LogP contribution in [0, 0.1) is 0 Å². The summed E-state index contributed by atoms with van der Waals surface area (Å²) >= 11 is 0. The van der Waals surface area contributed by atoms with E-state index in [1.54, 1.807) is 0 Å². The summed E-state index contributed by atoms with van der Waals surface area (Å²) in [5.41, 5.74) is 2.84. The maximum Gasteiger partial charge on any atom is 0.411 e. The van der Waals surface area contributed by atoms with Gasteiger partial charge < -0.3 is 10.1 Å². The lowest BCUT2D eigenvalue weighted by Gasteiger charge is -2.16. The third-order valence-corrected chi connectivity index (χ3v) is 2.98. The average Bonchev–Trinajstić information content (AvgIpc) is 2.48. The van der Waals surface area contributed by atoms with E-state index in [0.717, 1.165) is 5.69 Å². The number of hydrogen-bond donors (Lipinski definition) is 2. The smallest absolute Gasteiger partial charge is 0.411 e. The molecule has 0 fully saturated rings. The molecule has 0 heterocycles. The fourth-order valence-corrected chi connectivity index (χ4v) is 1.93. The minimum absolute atomic E-state index is 0.185. The van der Waals surface area contributed by atoms with Gasteiger partial charge in [0.1, 0.15) is 0 Å². The predicted octanol–water partition coefficient (Wildman–Crippen LogP) is 4.04. The Morgan fingerprint density at radius 1 is 1.05 bits per heavy atom. The summed E-state index contributed by atoms with van der Waals surface area (Å²) in [6.07, 6.45) is -0.474. The molecule has 0 aliphatic rings. The van der Waals surface area contributed by atoms with Gasteiger partial charge in [-0.05, 0) is 30.7 Å². The molecule has 1 unspecified atom stereocenters. The van der Waals surface area contributed by atoms with Crippen LogP contribution >= 0.6 is 0 Å². The molecule has 0 saturated heterocycles. The number of ether oxygens (including phenoxy) is 1. The molecule has 1 amide bonds. The number of anilines is 2. The quantitative estimate of drug-likeness (QED) is 0.881. The largest absolute Gasteiger partial charge is 0.453 e. The lowest BCUT2D eigenvalue weighted by atomic mass is 10.1. The Balaban J connectivity index is 2.06. The number of amides is 1. The first kappa shape index (κ1) is 13.9. The molecule has 0 spiro atoms. The van der Waals surface area contributed by atoms with Crippen LogP contribution in [-0.2, 0) is 4.74 Å². The van der Waals surface area contributed by atoms with Crippen LogP contribution in [0.3, 0.4) is 0 Å². The minimum atomic E-state index is -0.474. The van der Waals surface area contributed by atoms with Gasteiger partial charge in [-0.1, -0.05) is 36.4 Å². The second-order valence-corrected chi connectivity index (χ2v) is 4.47. The number of methoxy groups -OCH3 is 1. The average molecular weight is 270 g/mol. The Bertz CT molecular complexity index is 570. The third-order valence-electron chi connectivity index (χ3n) is 2.98. The number of rotatable bonds is 4. The van der Waals surface area contributed by atoms with Gasteiger partial charge in [0.25, 0.3) is 0 Å². The molecule has 0 aromatic heterocycles. The maximum atomic E-state index is 11.2. The Morgan fingerprint density at radius 2 is 1.75 bits per heavy atom. The molecule has 1 atom stereocenters. The van der Waals surface area contributed by atoms with Gasteiger partial charge in [-0.2, -0.15) is 0 Å². The summed E-state index contributed by atoms with van der Waals surface area (Å²) < 4.78 is 4.57. The van der Waals surface area contributed by atoms with E-state index in [0.29, 0.717) is 5.69 Å². The van der Waals surface area contributed by atoms with E-state index in [4.69, 9.17) is 0 Å². The van der Waals surface area contributed by atoms with Crippen molar-refractivity contribution in [3.8, 4) is 0 Å². The van der Waals surface area contributed by atoms with Crippen molar-refractivity contribution in [1.29, 1.82) is 0 Å². The Labute approximate surface area is 118 Å². The number of carbonyl (C=O) groups excluding carboxylic acids is 1. The van der Waals surface area contributed by atoms with Crippen LogP contribution in [0.15, 0.2) is 54.6 Å². The van der Waals surface area contributed by atoms with E-state index in [1.165, 1.54) is 12.7 Å². The molecule has 4 heteroatoms. The summed E-state index contributed by atoms with van der Waals surface area (Å²) in [4.78, 5) is 11.2. The van der Waals surface area contributed by atoms with E-state index < -0.39 is 6.09 Å². The molecule has 4 nitrogen and oxygen atoms in total. The zero-order valence-electron chi connectivity index (χ0n) is 11.6. The van der Waals surface area contributed by atoms with Gasteiger partial charge in [0.15, 0.2) is 0 Å². The fourth-order valence-electron chi connectivity index (χ4n) is 1.93. The van der Waals surface area contributed by atoms with Crippen LogP contribution in [0.1, 0.15) is 18.5 Å². The summed E-state index contributed by atoms with van der Waals surface area (Å²) in [5.74, 6) is 0. The molecule has 0 radical (unpaired) electrons. The monoisotopic (exact) mass is 270 g/mol. The molecule has 2 aromatic rings. The molecule has 0 aliphatic heterocycles. The SMILES string of the molecule is COC(=O)Nc1cccc(NC(C)c2ccccc2)c1. The van der Waals surface area contributed by atoms with E-state index in [1.807, 2.05) is 42.5 Å². The molecule has 2 rings (SSSR count). The van der Waals surface area contributed by atoms with E-state index >= 15 is 0 Å². The number of hydrogen-bond acceptors (Lipinski definition) is 3. The highest BCUT2D eigenvalue weighted by Crippen LogP contribution is 2.21. The molecular formula is C16H18N2O2. The molecular weight excluding hydrogens is 252 g/mol. The van der Waals surface area contributed by atoms with Gasteiger partial charge in [0.2, 0.25) is 0 Å². The highest BCUT2D eigenvalue weighted by Gasteiger charge is 2.06. The highest BCUT2D eigenvalue weighted by atomic mass is 16.5. The zero-order valence-corrected chi connectivity index (χ0v) is 11.6. The van der Waals surface area contributed by atoms with Crippen molar-refractivity contribution in [3.63, 3.8) is 0 Å². The van der Waals surface area contributed by atoms with Gasteiger partial charge in [0, 0.05) is 17.4 Å². The van der Waals surface area contributed by atoms with Crippen molar-refractivity contribution in [3.05, 3.63) is 60.2 Å². The van der Waals surface area contributed by atoms with E-state index in [2.05, 4.69) is 34.4 Å². The second kappa shape index (κ2) is 6.61. The lowest BCUT2D eigenvalue weighted by Crippen LogP contribution is -2.11. The van der Waals surface area contributed by atoms with Crippen LogP contribution in [0.4, 0.5) is 16.2 Å². The van der Waals surface area contributed by atoms with Crippen molar-refractivity contribution >= 4 is 17.5 Å². The first-order valence-corrected chi connectivity index (χ1v) is 6.45. The highest BCUT2D eigenvalue weighted by molar-refractivity contribution is 5.85. The zero-order chi connectivity index (χ0) is 14.4. The Hall–Kier alpha value is -2.49. The third kappa shape index (κ3) is 3.75. The van der Waals surface area contributed by atoms with Gasteiger partial charge in [-0.3, -0.25) is 5.32 Å². The minimum Gasteiger partial charge on any atom is -0.453 e. The standard InChI is InChI=1S/C16H18N2O2/c1-12(13-7-4-3-5-8-13)17-14-9-6-10-15(11-14)18-16(19)20-2/h3-12,17H,1-2H3,(H,18,19). The first-order chi connectivity index (χ1) is 9.69. The van der Waals surface area contributed by atoms with Gasteiger partial charge in [-0.15, -0.1) is 0 Å². The van der Waals surface area contributed by atoms with Crippen LogP contribution in [0.25, 0.3) is 0 Å². The van der Waals surface area contributed by atoms with Crippen molar-refractivity contribution in [2.24, 2.45) is 0 Å². The number of nitrogens with one attached hydrogen (secondary N) is 2. The fraction of sp³-hybridized carbons (Fsp3) is 0.188. The Kier molecular flexibility index (Phi) is 4.60. The van der Waals surface area contributed by atoms with Crippen molar-refractivity contribution < 1.29 is 9.53 Å². The number of benzene rings is 2. The summed E-state index contributed by atoms with van der Waals surface area (Å²) in [7, 11) is 1.34. The van der Waals surface area contributed by atoms with Gasteiger partial charge in [-0.25, -0.2) is 4.79 Å². The van der Waals surface area contributed by atoms with Crippen molar-refractivity contribution in [2.45, 2.75) is 13.0 Å². The summed E-state index contributed by atoms with van der Waals surface area (Å²) in [6.45, 7) is 2.09. The van der Waals surface area contributed by atoms with Crippen LogP contribution < -0.4 is 10.6 Å². The van der Waals surface area contributed by atoms with Crippen LogP contribution in [0.5, 0.6) is 0 Å². The maximum absolute atomic E-state index is 11.2. The van der Waals surface area contributed by atoms with Gasteiger partial charge in [0.05, 0.1) is 7.11 Å². The summed E-state index contributed by atoms with van der Waals surface area (Å²) in [6, 6.07) is 17.9. The number of carbonyl (C=O) groups is 1. The molecule has 2 aromatic carbocycles. The predicted molar refractivity (Wildman–Crippen MR) is 80.9 cm³/mol. The first-order valence-electron chi connectivity index (χ1n) is 6.45. The second-order valence-electron chi connectivity index (χ2n) is 4.47. The lowest BCUT2D eigenvalue weighted by molar-refractivity contribution is 0.187. The topological polar surface area (TPSA) is 50.4 Å². The van der Waals surface area contributed by atoms with Gasteiger partial charge >= 0.3 is 6.09 Å².